The summed E-state index contributed by atoms with van der Waals surface area (Å²) in [6.07, 6.45) is 6.58. The van der Waals surface area contributed by atoms with Crippen LogP contribution in [0.5, 0.6) is 0 Å². The van der Waals surface area contributed by atoms with Crippen molar-refractivity contribution in [1.82, 2.24) is 4.57 Å². The quantitative estimate of drug-likeness (QED) is 0.619. The third kappa shape index (κ3) is 2.45. The van der Waals surface area contributed by atoms with Crippen LogP contribution in [-0.4, -0.2) is 4.57 Å². The van der Waals surface area contributed by atoms with Crippen LogP contribution in [-0.2, 0) is 0 Å². The Labute approximate surface area is 113 Å². The molecule has 0 saturated carbocycles. The first-order chi connectivity index (χ1) is 9.34. The molecule has 1 nitrogen and oxygen atoms in total. The number of aromatic nitrogens is 1. The van der Waals surface area contributed by atoms with Gasteiger partial charge in [-0.25, -0.2) is 0 Å². The van der Waals surface area contributed by atoms with Crippen molar-refractivity contribution in [3.63, 3.8) is 0 Å². The van der Waals surface area contributed by atoms with E-state index in [1.54, 1.807) is 0 Å². The number of allylic oxidation sites excluding steroid dienone is 1. The molecule has 0 spiro atoms. The van der Waals surface area contributed by atoms with Crippen molar-refractivity contribution in [2.24, 2.45) is 0 Å². The highest BCUT2D eigenvalue weighted by Crippen LogP contribution is 2.21. The summed E-state index contributed by atoms with van der Waals surface area (Å²) in [4.78, 5) is 0. The maximum Gasteiger partial charge on any atom is 0.0491 e. The molecule has 0 bridgehead atoms. The molecule has 1 heteroatoms. The van der Waals surface area contributed by atoms with Gasteiger partial charge in [0.25, 0.3) is 0 Å². The van der Waals surface area contributed by atoms with Gasteiger partial charge in [-0.05, 0) is 30.0 Å². The molecule has 19 heavy (non-hydrogen) atoms. The average molecular weight is 247 g/mol. The summed E-state index contributed by atoms with van der Waals surface area (Å²) in [5, 5.41) is 1.29. The Balaban J connectivity index is 1.88. The Bertz CT molecular complexity index is 692. The van der Waals surface area contributed by atoms with E-state index in [1.165, 1.54) is 16.5 Å². The number of rotatable bonds is 3. The fourth-order valence-electron chi connectivity index (χ4n) is 2.37. The van der Waals surface area contributed by atoms with Crippen molar-refractivity contribution in [3.05, 3.63) is 78.5 Å². The van der Waals surface area contributed by atoms with Crippen molar-refractivity contribution in [2.45, 2.75) is 13.0 Å². The molecule has 2 aromatic carbocycles. The minimum Gasteiger partial charge on any atom is -0.341 e. The summed E-state index contributed by atoms with van der Waals surface area (Å²) in [5.41, 5.74) is 2.53. The molecule has 0 aliphatic carbocycles. The second-order valence-corrected chi connectivity index (χ2v) is 4.79. The van der Waals surface area contributed by atoms with Crippen LogP contribution >= 0.6 is 0 Å². The van der Waals surface area contributed by atoms with Crippen LogP contribution in [0.15, 0.2) is 72.9 Å². The van der Waals surface area contributed by atoms with E-state index in [1.807, 2.05) is 6.07 Å². The predicted octanol–water partition coefficient (Wildman–Crippen LogP) is 4.92. The van der Waals surface area contributed by atoms with E-state index in [2.05, 4.69) is 84.4 Å². The summed E-state index contributed by atoms with van der Waals surface area (Å²) in [6.45, 7) is 2.21. The maximum atomic E-state index is 2.30. The van der Waals surface area contributed by atoms with Gasteiger partial charge < -0.3 is 4.57 Å². The van der Waals surface area contributed by atoms with Crippen LogP contribution in [0, 0.1) is 0 Å². The lowest BCUT2D eigenvalue weighted by atomic mass is 10.2. The lowest BCUT2D eigenvalue weighted by Crippen LogP contribution is -1.99. The van der Waals surface area contributed by atoms with E-state index in [9.17, 15) is 0 Å². The van der Waals surface area contributed by atoms with E-state index in [0.29, 0.717) is 6.04 Å². The fraction of sp³-hybridized carbons (Fsp3) is 0.111. The van der Waals surface area contributed by atoms with Crippen LogP contribution in [0.25, 0.3) is 17.0 Å². The molecule has 1 unspecified atom stereocenters. The molecule has 0 aliphatic rings. The Morgan fingerprint density at radius 3 is 2.47 bits per heavy atom. The third-order valence-corrected chi connectivity index (χ3v) is 3.44. The van der Waals surface area contributed by atoms with Crippen molar-refractivity contribution >= 4 is 17.0 Å². The van der Waals surface area contributed by atoms with Crippen LogP contribution in [0.2, 0.25) is 0 Å². The van der Waals surface area contributed by atoms with Gasteiger partial charge >= 0.3 is 0 Å². The number of nitrogens with zero attached hydrogens (tertiary/aromatic N) is 1. The van der Waals surface area contributed by atoms with Gasteiger partial charge in [-0.2, -0.15) is 0 Å². The Morgan fingerprint density at radius 1 is 0.895 bits per heavy atom. The first-order valence-electron chi connectivity index (χ1n) is 6.63. The van der Waals surface area contributed by atoms with Gasteiger partial charge in [-0.1, -0.05) is 60.7 Å². The van der Waals surface area contributed by atoms with Crippen molar-refractivity contribution < 1.29 is 0 Å². The number of benzene rings is 2. The topological polar surface area (TPSA) is 4.93 Å². The molecule has 0 radical (unpaired) electrons. The highest BCUT2D eigenvalue weighted by Gasteiger charge is 2.04. The van der Waals surface area contributed by atoms with Gasteiger partial charge in [0.05, 0.1) is 0 Å². The molecule has 1 heterocycles. The monoisotopic (exact) mass is 247 g/mol. The lowest BCUT2D eigenvalue weighted by Gasteiger charge is -2.10. The van der Waals surface area contributed by atoms with Gasteiger partial charge in [-0.15, -0.1) is 0 Å². The molecule has 94 valence electrons. The second-order valence-electron chi connectivity index (χ2n) is 4.79. The zero-order valence-corrected chi connectivity index (χ0v) is 11.0. The number of hydrogen-bond donors (Lipinski definition) is 0. The molecule has 3 rings (SSSR count). The van der Waals surface area contributed by atoms with E-state index in [0.717, 1.165) is 0 Å². The molecule has 0 saturated heterocycles. The van der Waals surface area contributed by atoms with E-state index in [4.69, 9.17) is 0 Å². The zero-order chi connectivity index (χ0) is 13.1. The molecule has 1 aromatic heterocycles. The lowest BCUT2D eigenvalue weighted by molar-refractivity contribution is 0.690. The average Bonchev–Trinajstić information content (AvgIpc) is 2.90. The van der Waals surface area contributed by atoms with Crippen molar-refractivity contribution in [1.29, 1.82) is 0 Å². The Hall–Kier alpha value is -2.28. The maximum absolute atomic E-state index is 2.30. The molecular weight excluding hydrogens is 230 g/mol. The van der Waals surface area contributed by atoms with E-state index >= 15 is 0 Å². The van der Waals surface area contributed by atoms with Crippen LogP contribution in [0.4, 0.5) is 0 Å². The predicted molar refractivity (Wildman–Crippen MR) is 82.1 cm³/mol. The first-order valence-corrected chi connectivity index (χ1v) is 6.63. The minimum absolute atomic E-state index is 0.347. The standard InChI is InChI=1S/C18H17N/c1-15(11-12-16-7-3-2-4-8-16)19-14-13-17-9-5-6-10-18(17)19/h2-15H,1H3/b12-11+. The molecule has 3 aromatic rings. The smallest absolute Gasteiger partial charge is 0.0491 e. The van der Waals surface area contributed by atoms with Gasteiger partial charge in [0.1, 0.15) is 0 Å². The summed E-state index contributed by atoms with van der Waals surface area (Å²) < 4.78 is 2.30. The molecule has 0 fully saturated rings. The highest BCUT2D eigenvalue weighted by atomic mass is 15.0. The van der Waals surface area contributed by atoms with Crippen molar-refractivity contribution in [2.75, 3.05) is 0 Å². The normalized spacial score (nSPS) is 13.1. The van der Waals surface area contributed by atoms with E-state index in [-0.39, 0.29) is 0 Å². The minimum atomic E-state index is 0.347. The first kappa shape index (κ1) is 11.8. The zero-order valence-electron chi connectivity index (χ0n) is 11.0. The second kappa shape index (κ2) is 5.15. The van der Waals surface area contributed by atoms with Gasteiger partial charge in [-0.3, -0.25) is 0 Å². The fourth-order valence-corrected chi connectivity index (χ4v) is 2.37. The molecule has 0 amide bonds. The summed E-state index contributed by atoms with van der Waals surface area (Å²) >= 11 is 0. The summed E-state index contributed by atoms with van der Waals surface area (Å²) in [5.74, 6) is 0. The summed E-state index contributed by atoms with van der Waals surface area (Å²) in [6, 6.07) is 21.4. The van der Waals surface area contributed by atoms with Gasteiger partial charge in [0.2, 0.25) is 0 Å². The third-order valence-electron chi connectivity index (χ3n) is 3.44. The SMILES string of the molecule is CC(/C=C/c1ccccc1)n1ccc2ccccc21. The van der Waals surface area contributed by atoms with E-state index < -0.39 is 0 Å². The number of fused-ring (bicyclic) bond motifs is 1. The van der Waals surface area contributed by atoms with Gasteiger partial charge in [0, 0.05) is 17.8 Å². The van der Waals surface area contributed by atoms with Crippen LogP contribution < -0.4 is 0 Å². The largest absolute Gasteiger partial charge is 0.341 e. The molecular formula is C18H17N. The van der Waals surface area contributed by atoms with Crippen molar-refractivity contribution in [3.8, 4) is 0 Å². The molecule has 0 aliphatic heterocycles. The van der Waals surface area contributed by atoms with Gasteiger partial charge in [0.15, 0.2) is 0 Å². The molecule has 1 atom stereocenters. The summed E-state index contributed by atoms with van der Waals surface area (Å²) in [7, 11) is 0. The number of hydrogen-bond acceptors (Lipinski definition) is 0. The number of para-hydroxylation sites is 1. The molecule has 0 N–H and O–H groups in total. The highest BCUT2D eigenvalue weighted by molar-refractivity contribution is 5.80. The van der Waals surface area contributed by atoms with Crippen LogP contribution in [0.3, 0.4) is 0 Å². The van der Waals surface area contributed by atoms with Crippen LogP contribution in [0.1, 0.15) is 18.5 Å². The Morgan fingerprint density at radius 2 is 1.63 bits per heavy atom. The Kier molecular flexibility index (Phi) is 3.20.